The minimum atomic E-state index is -0.106. The number of thiazole rings is 1. The Morgan fingerprint density at radius 2 is 2.14 bits per heavy atom. The lowest BCUT2D eigenvalue weighted by Crippen LogP contribution is -2.35. The number of benzene rings is 1. The standard InChI is InChI=1S/C16H19N3O2S/c1-12-4-2-3-5-14(12)15(20)18-16-17-13(11-22-16)10-19-6-8-21-9-7-19/h2-5,11H,6-10H2,1H3,(H,17,18,20). The number of amides is 1. The van der Waals surface area contributed by atoms with Gasteiger partial charge in [0, 0.05) is 30.6 Å². The third-order valence-corrected chi connectivity index (χ3v) is 4.46. The number of aryl methyl sites for hydroxylation is 1. The maximum absolute atomic E-state index is 12.3. The third kappa shape index (κ3) is 3.71. The van der Waals surface area contributed by atoms with Crippen LogP contribution in [0.3, 0.4) is 0 Å². The molecule has 1 N–H and O–H groups in total. The summed E-state index contributed by atoms with van der Waals surface area (Å²) in [6.07, 6.45) is 0. The van der Waals surface area contributed by atoms with Crippen molar-refractivity contribution in [3.63, 3.8) is 0 Å². The van der Waals surface area contributed by atoms with Gasteiger partial charge in [0.1, 0.15) is 0 Å². The van der Waals surface area contributed by atoms with Crippen molar-refractivity contribution in [2.24, 2.45) is 0 Å². The van der Waals surface area contributed by atoms with Gasteiger partial charge >= 0.3 is 0 Å². The number of hydrogen-bond acceptors (Lipinski definition) is 5. The molecule has 2 heterocycles. The van der Waals surface area contributed by atoms with Gasteiger partial charge in [0.15, 0.2) is 5.13 Å². The molecule has 116 valence electrons. The number of carbonyl (C=O) groups is 1. The predicted molar refractivity (Wildman–Crippen MR) is 87.3 cm³/mol. The topological polar surface area (TPSA) is 54.5 Å². The monoisotopic (exact) mass is 317 g/mol. The van der Waals surface area contributed by atoms with Gasteiger partial charge in [-0.2, -0.15) is 0 Å². The summed E-state index contributed by atoms with van der Waals surface area (Å²) in [5, 5.41) is 5.53. The average molecular weight is 317 g/mol. The van der Waals surface area contributed by atoms with E-state index in [0.717, 1.165) is 44.1 Å². The summed E-state index contributed by atoms with van der Waals surface area (Å²) < 4.78 is 5.34. The molecule has 0 bridgehead atoms. The number of nitrogens with zero attached hydrogens (tertiary/aromatic N) is 2. The van der Waals surface area contributed by atoms with Gasteiger partial charge < -0.3 is 4.74 Å². The molecule has 0 atom stereocenters. The molecule has 0 unspecified atom stereocenters. The van der Waals surface area contributed by atoms with Crippen LogP contribution in [-0.4, -0.2) is 42.1 Å². The zero-order valence-corrected chi connectivity index (χ0v) is 13.4. The van der Waals surface area contributed by atoms with Crippen LogP contribution in [-0.2, 0) is 11.3 Å². The van der Waals surface area contributed by atoms with E-state index < -0.39 is 0 Å². The lowest BCUT2D eigenvalue weighted by atomic mass is 10.1. The average Bonchev–Trinajstić information content (AvgIpc) is 2.95. The zero-order chi connectivity index (χ0) is 15.4. The fourth-order valence-electron chi connectivity index (χ4n) is 2.42. The minimum absolute atomic E-state index is 0.106. The number of morpholine rings is 1. The summed E-state index contributed by atoms with van der Waals surface area (Å²) in [4.78, 5) is 19.1. The Balaban J connectivity index is 1.61. The van der Waals surface area contributed by atoms with Crippen LogP contribution < -0.4 is 5.32 Å². The number of rotatable bonds is 4. The first-order valence-electron chi connectivity index (χ1n) is 7.34. The normalized spacial score (nSPS) is 15.7. The van der Waals surface area contributed by atoms with E-state index in [4.69, 9.17) is 4.74 Å². The first-order valence-corrected chi connectivity index (χ1v) is 8.22. The van der Waals surface area contributed by atoms with Gasteiger partial charge in [-0.15, -0.1) is 11.3 Å². The number of anilines is 1. The second-order valence-corrected chi connectivity index (χ2v) is 6.16. The van der Waals surface area contributed by atoms with Crippen molar-refractivity contribution in [1.82, 2.24) is 9.88 Å². The van der Waals surface area contributed by atoms with Gasteiger partial charge in [-0.05, 0) is 18.6 Å². The number of carbonyl (C=O) groups excluding carboxylic acids is 1. The second kappa shape index (κ2) is 7.00. The van der Waals surface area contributed by atoms with Crippen molar-refractivity contribution < 1.29 is 9.53 Å². The summed E-state index contributed by atoms with van der Waals surface area (Å²) in [6, 6.07) is 7.55. The van der Waals surface area contributed by atoms with Crippen LogP contribution in [0.2, 0.25) is 0 Å². The molecule has 1 aliphatic rings. The molecule has 1 aliphatic heterocycles. The molecule has 3 rings (SSSR count). The molecule has 22 heavy (non-hydrogen) atoms. The molecule has 1 amide bonds. The maximum atomic E-state index is 12.3. The maximum Gasteiger partial charge on any atom is 0.257 e. The quantitative estimate of drug-likeness (QED) is 0.941. The van der Waals surface area contributed by atoms with E-state index in [1.807, 2.05) is 36.6 Å². The van der Waals surface area contributed by atoms with Crippen LogP contribution in [0.1, 0.15) is 21.6 Å². The van der Waals surface area contributed by atoms with Crippen LogP contribution >= 0.6 is 11.3 Å². The number of nitrogens with one attached hydrogen (secondary N) is 1. The number of aromatic nitrogens is 1. The third-order valence-electron chi connectivity index (χ3n) is 3.65. The SMILES string of the molecule is Cc1ccccc1C(=O)Nc1nc(CN2CCOCC2)cs1. The lowest BCUT2D eigenvalue weighted by molar-refractivity contribution is 0.0337. The summed E-state index contributed by atoms with van der Waals surface area (Å²) in [7, 11) is 0. The van der Waals surface area contributed by atoms with E-state index in [9.17, 15) is 4.79 Å². The Kier molecular flexibility index (Phi) is 4.82. The zero-order valence-electron chi connectivity index (χ0n) is 12.5. The second-order valence-electron chi connectivity index (χ2n) is 5.30. The van der Waals surface area contributed by atoms with Crippen molar-refractivity contribution in [1.29, 1.82) is 0 Å². The first-order chi connectivity index (χ1) is 10.7. The molecule has 0 spiro atoms. The highest BCUT2D eigenvalue weighted by Crippen LogP contribution is 2.19. The smallest absolute Gasteiger partial charge is 0.257 e. The minimum Gasteiger partial charge on any atom is -0.379 e. The van der Waals surface area contributed by atoms with Gasteiger partial charge in [0.05, 0.1) is 18.9 Å². The molecular weight excluding hydrogens is 298 g/mol. The highest BCUT2D eigenvalue weighted by Gasteiger charge is 2.14. The molecular formula is C16H19N3O2S. The van der Waals surface area contributed by atoms with E-state index in [1.54, 1.807) is 0 Å². The molecule has 0 aliphatic carbocycles. The van der Waals surface area contributed by atoms with Gasteiger partial charge in [0.25, 0.3) is 5.91 Å². The molecule has 1 aromatic heterocycles. The fourth-order valence-corrected chi connectivity index (χ4v) is 3.11. The highest BCUT2D eigenvalue weighted by atomic mass is 32.1. The van der Waals surface area contributed by atoms with Crippen LogP contribution in [0.25, 0.3) is 0 Å². The summed E-state index contributed by atoms with van der Waals surface area (Å²) in [5.41, 5.74) is 2.64. The van der Waals surface area contributed by atoms with Gasteiger partial charge in [0.2, 0.25) is 0 Å². The van der Waals surface area contributed by atoms with Crippen LogP contribution in [0.5, 0.6) is 0 Å². The van der Waals surface area contributed by atoms with Crippen molar-refractivity contribution in [3.8, 4) is 0 Å². The van der Waals surface area contributed by atoms with Crippen molar-refractivity contribution in [2.75, 3.05) is 31.6 Å². The molecule has 0 radical (unpaired) electrons. The lowest BCUT2D eigenvalue weighted by Gasteiger charge is -2.25. The van der Waals surface area contributed by atoms with E-state index >= 15 is 0 Å². The van der Waals surface area contributed by atoms with Crippen LogP contribution in [0, 0.1) is 6.92 Å². The number of ether oxygens (including phenoxy) is 1. The van der Waals surface area contributed by atoms with E-state index in [1.165, 1.54) is 11.3 Å². The van der Waals surface area contributed by atoms with Crippen molar-refractivity contribution in [2.45, 2.75) is 13.5 Å². The van der Waals surface area contributed by atoms with Gasteiger partial charge in [-0.3, -0.25) is 15.0 Å². The fraction of sp³-hybridized carbons (Fsp3) is 0.375. The van der Waals surface area contributed by atoms with E-state index in [-0.39, 0.29) is 5.91 Å². The van der Waals surface area contributed by atoms with Gasteiger partial charge in [-0.1, -0.05) is 18.2 Å². The molecule has 1 fully saturated rings. The first kappa shape index (κ1) is 15.1. The summed E-state index contributed by atoms with van der Waals surface area (Å²) in [6.45, 7) is 6.16. The van der Waals surface area contributed by atoms with Crippen molar-refractivity contribution in [3.05, 3.63) is 46.5 Å². The Bertz CT molecular complexity index is 650. The van der Waals surface area contributed by atoms with E-state index in [0.29, 0.717) is 10.7 Å². The Morgan fingerprint density at radius 1 is 1.36 bits per heavy atom. The Morgan fingerprint density at radius 3 is 2.91 bits per heavy atom. The van der Waals surface area contributed by atoms with Crippen LogP contribution in [0.4, 0.5) is 5.13 Å². The molecule has 2 aromatic rings. The molecule has 0 saturated carbocycles. The molecule has 6 heteroatoms. The Labute approximate surface area is 133 Å². The van der Waals surface area contributed by atoms with E-state index in [2.05, 4.69) is 15.2 Å². The summed E-state index contributed by atoms with van der Waals surface area (Å²) >= 11 is 1.47. The summed E-state index contributed by atoms with van der Waals surface area (Å²) in [5.74, 6) is -0.106. The van der Waals surface area contributed by atoms with Crippen molar-refractivity contribution >= 4 is 22.4 Å². The predicted octanol–water partition coefficient (Wildman–Crippen LogP) is 2.54. The van der Waals surface area contributed by atoms with Crippen LogP contribution in [0.15, 0.2) is 29.6 Å². The molecule has 5 nitrogen and oxygen atoms in total. The highest BCUT2D eigenvalue weighted by molar-refractivity contribution is 7.13. The molecule has 1 saturated heterocycles. The number of hydrogen-bond donors (Lipinski definition) is 1. The largest absolute Gasteiger partial charge is 0.379 e. The Hall–Kier alpha value is -1.76. The van der Waals surface area contributed by atoms with Gasteiger partial charge in [-0.25, -0.2) is 4.98 Å². The molecule has 1 aromatic carbocycles.